The molecule has 0 saturated heterocycles. The highest BCUT2D eigenvalue weighted by molar-refractivity contribution is 5.92. The van der Waals surface area contributed by atoms with Crippen molar-refractivity contribution in [3.8, 4) is 11.5 Å². The molecule has 0 radical (unpaired) electrons. The van der Waals surface area contributed by atoms with Crippen LogP contribution in [0.5, 0.6) is 11.5 Å². The number of hydrogen-bond donors (Lipinski definition) is 2. The second-order valence-corrected chi connectivity index (χ2v) is 5.50. The first-order chi connectivity index (χ1) is 11.1. The van der Waals surface area contributed by atoms with E-state index in [1.165, 1.54) is 6.20 Å². The average molecular weight is 317 g/mol. The van der Waals surface area contributed by atoms with Gasteiger partial charge in [-0.2, -0.15) is 0 Å². The predicted octanol–water partition coefficient (Wildman–Crippen LogP) is 1.52. The molecule has 1 amide bonds. The zero-order valence-electron chi connectivity index (χ0n) is 13.1. The summed E-state index contributed by atoms with van der Waals surface area (Å²) in [5.41, 5.74) is 0.747. The molecule has 0 aliphatic heterocycles. The fourth-order valence-electron chi connectivity index (χ4n) is 2.54. The Morgan fingerprint density at radius 1 is 1.30 bits per heavy atom. The van der Waals surface area contributed by atoms with E-state index in [2.05, 4.69) is 9.97 Å². The second kappa shape index (κ2) is 6.20. The summed E-state index contributed by atoms with van der Waals surface area (Å²) in [4.78, 5) is 30.6. The lowest BCUT2D eigenvalue weighted by molar-refractivity contribution is 0.0723. The lowest BCUT2D eigenvalue weighted by Gasteiger charge is -2.23. The minimum absolute atomic E-state index is 0.191. The monoisotopic (exact) mass is 317 g/mol. The van der Waals surface area contributed by atoms with Gasteiger partial charge in [0.25, 0.3) is 5.91 Å². The van der Waals surface area contributed by atoms with Crippen molar-refractivity contribution in [3.63, 3.8) is 0 Å². The summed E-state index contributed by atoms with van der Waals surface area (Å²) in [5.74, 6) is 1.21. The molecule has 1 fully saturated rings. The summed E-state index contributed by atoms with van der Waals surface area (Å²) in [6.45, 7) is 0.400. The van der Waals surface area contributed by atoms with Gasteiger partial charge in [0.05, 0.1) is 20.8 Å². The van der Waals surface area contributed by atoms with Crippen LogP contribution in [-0.4, -0.2) is 41.0 Å². The lowest BCUT2D eigenvalue weighted by Crippen LogP contribution is -2.33. The number of hydrogen-bond acceptors (Lipinski definition) is 4. The molecule has 1 saturated carbocycles. The number of rotatable bonds is 6. The second-order valence-electron chi connectivity index (χ2n) is 5.50. The Morgan fingerprint density at radius 2 is 2.09 bits per heavy atom. The van der Waals surface area contributed by atoms with E-state index in [1.807, 2.05) is 18.2 Å². The number of nitrogens with zero attached hydrogens (tertiary/aromatic N) is 1. The number of aromatic amines is 2. The van der Waals surface area contributed by atoms with Crippen molar-refractivity contribution in [3.05, 3.63) is 46.1 Å². The van der Waals surface area contributed by atoms with E-state index in [0.717, 1.165) is 18.4 Å². The molecule has 0 unspecified atom stereocenters. The number of carbonyl (C=O) groups is 1. The van der Waals surface area contributed by atoms with Crippen LogP contribution in [0.25, 0.3) is 0 Å². The molecule has 1 aliphatic carbocycles. The SMILES string of the molecule is COc1ccc(OC)c(CN(C(=O)c2c[nH]c(=O)[nH]2)C2CC2)c1. The zero-order valence-corrected chi connectivity index (χ0v) is 13.1. The maximum absolute atomic E-state index is 12.7. The first-order valence-corrected chi connectivity index (χ1v) is 7.42. The Morgan fingerprint density at radius 3 is 2.65 bits per heavy atom. The first-order valence-electron chi connectivity index (χ1n) is 7.42. The standard InChI is InChI=1S/C16H19N3O4/c1-22-12-5-6-14(23-2)10(7-12)9-19(11-3-4-11)15(20)13-8-17-16(21)18-13/h5-8,11H,3-4,9H2,1-2H3,(H2,17,18,21). The summed E-state index contributed by atoms with van der Waals surface area (Å²) in [6.07, 6.45) is 3.34. The Kier molecular flexibility index (Phi) is 4.10. The van der Waals surface area contributed by atoms with Crippen molar-refractivity contribution in [1.82, 2.24) is 14.9 Å². The average Bonchev–Trinajstić information content (AvgIpc) is 3.32. The molecule has 2 N–H and O–H groups in total. The summed E-state index contributed by atoms with van der Waals surface area (Å²) in [5, 5.41) is 0. The molecule has 1 aliphatic rings. The van der Waals surface area contributed by atoms with Crippen molar-refractivity contribution in [2.45, 2.75) is 25.4 Å². The lowest BCUT2D eigenvalue weighted by atomic mass is 10.1. The van der Waals surface area contributed by atoms with E-state index >= 15 is 0 Å². The number of aromatic nitrogens is 2. The molecule has 7 nitrogen and oxygen atoms in total. The molecule has 122 valence electrons. The van der Waals surface area contributed by atoms with Crippen LogP contribution in [0.3, 0.4) is 0 Å². The summed E-state index contributed by atoms with van der Waals surface area (Å²) in [6, 6.07) is 5.69. The number of methoxy groups -OCH3 is 2. The minimum atomic E-state index is -0.386. The van der Waals surface area contributed by atoms with E-state index in [-0.39, 0.29) is 23.3 Å². The molecule has 0 spiro atoms. The van der Waals surface area contributed by atoms with Gasteiger partial charge in [0.15, 0.2) is 0 Å². The van der Waals surface area contributed by atoms with Crippen LogP contribution in [0.4, 0.5) is 0 Å². The van der Waals surface area contributed by atoms with Gasteiger partial charge in [-0.15, -0.1) is 0 Å². The molecule has 0 bridgehead atoms. The van der Waals surface area contributed by atoms with Crippen molar-refractivity contribution in [1.29, 1.82) is 0 Å². The number of ether oxygens (including phenoxy) is 2. The van der Waals surface area contributed by atoms with Crippen molar-refractivity contribution in [2.24, 2.45) is 0 Å². The van der Waals surface area contributed by atoms with Crippen LogP contribution in [0.2, 0.25) is 0 Å². The largest absolute Gasteiger partial charge is 0.497 e. The van der Waals surface area contributed by atoms with Gasteiger partial charge in [-0.3, -0.25) is 4.79 Å². The number of nitrogens with one attached hydrogen (secondary N) is 2. The molecule has 1 aromatic carbocycles. The Hall–Kier alpha value is -2.70. The number of H-pyrrole nitrogens is 2. The van der Waals surface area contributed by atoms with Crippen LogP contribution in [-0.2, 0) is 6.54 Å². The Bertz CT molecular complexity index is 761. The van der Waals surface area contributed by atoms with Gasteiger partial charge in [-0.1, -0.05) is 0 Å². The topological polar surface area (TPSA) is 87.4 Å². The van der Waals surface area contributed by atoms with Gasteiger partial charge in [-0.25, -0.2) is 4.79 Å². The van der Waals surface area contributed by atoms with Gasteiger partial charge in [0.2, 0.25) is 0 Å². The van der Waals surface area contributed by atoms with E-state index in [9.17, 15) is 9.59 Å². The first kappa shape index (κ1) is 15.2. The van der Waals surface area contributed by atoms with E-state index < -0.39 is 0 Å². The maximum atomic E-state index is 12.7. The number of carbonyl (C=O) groups excluding carboxylic acids is 1. The Labute approximate surface area is 133 Å². The third kappa shape index (κ3) is 3.23. The van der Waals surface area contributed by atoms with Crippen LogP contribution in [0.1, 0.15) is 28.9 Å². The third-order valence-corrected chi connectivity index (χ3v) is 3.90. The highest BCUT2D eigenvalue weighted by Crippen LogP contribution is 2.32. The summed E-state index contributed by atoms with van der Waals surface area (Å²) in [7, 11) is 3.19. The van der Waals surface area contributed by atoms with E-state index in [4.69, 9.17) is 9.47 Å². The molecule has 7 heteroatoms. The number of benzene rings is 1. The quantitative estimate of drug-likeness (QED) is 0.846. The highest BCUT2D eigenvalue weighted by atomic mass is 16.5. The van der Waals surface area contributed by atoms with Gasteiger partial charge in [0, 0.05) is 17.8 Å². The van der Waals surface area contributed by atoms with Crippen molar-refractivity contribution >= 4 is 5.91 Å². The summed E-state index contributed by atoms with van der Waals surface area (Å²) < 4.78 is 10.6. The fourth-order valence-corrected chi connectivity index (χ4v) is 2.54. The normalized spacial score (nSPS) is 13.7. The maximum Gasteiger partial charge on any atom is 0.323 e. The van der Waals surface area contributed by atoms with Crippen LogP contribution in [0.15, 0.2) is 29.2 Å². The van der Waals surface area contributed by atoms with Gasteiger partial charge < -0.3 is 24.3 Å². The molecular formula is C16H19N3O4. The highest BCUT2D eigenvalue weighted by Gasteiger charge is 2.34. The predicted molar refractivity (Wildman–Crippen MR) is 83.9 cm³/mol. The molecule has 2 aromatic rings. The molecule has 1 heterocycles. The fraction of sp³-hybridized carbons (Fsp3) is 0.375. The molecule has 3 rings (SSSR count). The Balaban J connectivity index is 1.88. The molecule has 1 aromatic heterocycles. The minimum Gasteiger partial charge on any atom is -0.497 e. The van der Waals surface area contributed by atoms with Gasteiger partial charge in [0.1, 0.15) is 17.2 Å². The van der Waals surface area contributed by atoms with Crippen LogP contribution < -0.4 is 15.2 Å². The van der Waals surface area contributed by atoms with Crippen molar-refractivity contribution in [2.75, 3.05) is 14.2 Å². The molecule has 23 heavy (non-hydrogen) atoms. The van der Waals surface area contributed by atoms with Crippen LogP contribution >= 0.6 is 0 Å². The molecule has 0 atom stereocenters. The van der Waals surface area contributed by atoms with Gasteiger partial charge in [-0.05, 0) is 31.0 Å². The number of imidazole rings is 1. The third-order valence-electron chi connectivity index (χ3n) is 3.90. The molecular weight excluding hydrogens is 298 g/mol. The van der Waals surface area contributed by atoms with E-state index in [0.29, 0.717) is 18.0 Å². The number of amides is 1. The van der Waals surface area contributed by atoms with E-state index in [1.54, 1.807) is 19.1 Å². The van der Waals surface area contributed by atoms with Crippen molar-refractivity contribution < 1.29 is 14.3 Å². The van der Waals surface area contributed by atoms with Crippen LogP contribution in [0, 0.1) is 0 Å². The summed E-state index contributed by atoms with van der Waals surface area (Å²) >= 11 is 0. The smallest absolute Gasteiger partial charge is 0.323 e. The zero-order chi connectivity index (χ0) is 16.4. The van der Waals surface area contributed by atoms with Gasteiger partial charge >= 0.3 is 5.69 Å².